The lowest BCUT2D eigenvalue weighted by Crippen LogP contribution is -2.01. The highest BCUT2D eigenvalue weighted by Crippen LogP contribution is 2.24. The van der Waals surface area contributed by atoms with Crippen molar-refractivity contribution in [2.75, 3.05) is 5.73 Å². The predicted octanol–water partition coefficient (Wildman–Crippen LogP) is 2.53. The van der Waals surface area contributed by atoms with Crippen LogP contribution < -0.4 is 5.73 Å². The number of hydrogen-bond donors (Lipinski definition) is 1. The van der Waals surface area contributed by atoms with Gasteiger partial charge in [0.05, 0.1) is 22.8 Å². The molecule has 0 aliphatic heterocycles. The number of rotatable bonds is 2. The fraction of sp³-hybridized carbons (Fsp3) is 0.133. The molecule has 0 radical (unpaired) electrons. The molecule has 0 fully saturated rings. The Morgan fingerprint density at radius 1 is 1.00 bits per heavy atom. The van der Waals surface area contributed by atoms with Gasteiger partial charge in [0, 0.05) is 11.6 Å². The second-order valence-corrected chi connectivity index (χ2v) is 4.69. The second-order valence-electron chi connectivity index (χ2n) is 4.69. The van der Waals surface area contributed by atoms with Gasteiger partial charge in [-0.25, -0.2) is 4.68 Å². The Kier molecular flexibility index (Phi) is 2.95. The number of hydrogen-bond acceptors (Lipinski definition) is 4. The SMILES string of the molecule is Cc1cc(-c2cc(N)n(-c3ccccc3)n2)c(C)nn1. The third-order valence-corrected chi connectivity index (χ3v) is 3.11. The average molecular weight is 265 g/mol. The zero-order valence-electron chi connectivity index (χ0n) is 11.4. The topological polar surface area (TPSA) is 69.6 Å². The summed E-state index contributed by atoms with van der Waals surface area (Å²) in [4.78, 5) is 0. The molecule has 0 bridgehead atoms. The van der Waals surface area contributed by atoms with Crippen molar-refractivity contribution in [3.05, 3.63) is 53.9 Å². The van der Waals surface area contributed by atoms with E-state index < -0.39 is 0 Å². The van der Waals surface area contributed by atoms with Crippen LogP contribution in [0.2, 0.25) is 0 Å². The molecular formula is C15H15N5. The lowest BCUT2D eigenvalue weighted by atomic mass is 10.1. The predicted molar refractivity (Wildman–Crippen MR) is 78.5 cm³/mol. The van der Waals surface area contributed by atoms with Gasteiger partial charge in [0.25, 0.3) is 0 Å². The first kappa shape index (κ1) is 12.3. The van der Waals surface area contributed by atoms with Gasteiger partial charge < -0.3 is 5.73 Å². The average Bonchev–Trinajstić information content (AvgIpc) is 2.84. The quantitative estimate of drug-likeness (QED) is 0.773. The van der Waals surface area contributed by atoms with Crippen molar-refractivity contribution >= 4 is 5.82 Å². The highest BCUT2D eigenvalue weighted by molar-refractivity contribution is 5.65. The van der Waals surface area contributed by atoms with E-state index in [2.05, 4.69) is 15.3 Å². The van der Waals surface area contributed by atoms with Crippen molar-refractivity contribution < 1.29 is 0 Å². The van der Waals surface area contributed by atoms with E-state index in [0.717, 1.165) is 28.3 Å². The third-order valence-electron chi connectivity index (χ3n) is 3.11. The van der Waals surface area contributed by atoms with Crippen molar-refractivity contribution in [3.8, 4) is 16.9 Å². The number of benzene rings is 1. The standard InChI is InChI=1S/C15H15N5/c1-10-8-13(11(2)18-17-10)14-9-15(16)20(19-14)12-6-4-3-5-7-12/h3-9H,16H2,1-2H3. The van der Waals surface area contributed by atoms with E-state index in [1.165, 1.54) is 0 Å². The Morgan fingerprint density at radius 3 is 2.50 bits per heavy atom. The maximum Gasteiger partial charge on any atom is 0.127 e. The molecule has 2 heterocycles. The lowest BCUT2D eigenvalue weighted by Gasteiger charge is -2.03. The van der Waals surface area contributed by atoms with Gasteiger partial charge in [0.2, 0.25) is 0 Å². The molecule has 100 valence electrons. The number of nitrogens with zero attached hydrogens (tertiary/aromatic N) is 4. The molecular weight excluding hydrogens is 250 g/mol. The van der Waals surface area contributed by atoms with Crippen molar-refractivity contribution in [3.63, 3.8) is 0 Å². The molecule has 0 atom stereocenters. The van der Waals surface area contributed by atoms with E-state index in [9.17, 15) is 0 Å². The Labute approximate surface area is 117 Å². The van der Waals surface area contributed by atoms with Gasteiger partial charge in [-0.15, -0.1) is 0 Å². The summed E-state index contributed by atoms with van der Waals surface area (Å²) in [5, 5.41) is 12.7. The minimum absolute atomic E-state index is 0.597. The van der Waals surface area contributed by atoms with Gasteiger partial charge in [-0.2, -0.15) is 15.3 Å². The summed E-state index contributed by atoms with van der Waals surface area (Å²) in [6.45, 7) is 3.83. The summed E-state index contributed by atoms with van der Waals surface area (Å²) in [5.74, 6) is 0.597. The minimum atomic E-state index is 0.597. The molecule has 0 unspecified atom stereocenters. The van der Waals surface area contributed by atoms with E-state index >= 15 is 0 Å². The smallest absolute Gasteiger partial charge is 0.127 e. The largest absolute Gasteiger partial charge is 0.384 e. The van der Waals surface area contributed by atoms with Crippen molar-refractivity contribution in [1.29, 1.82) is 0 Å². The van der Waals surface area contributed by atoms with Crippen LogP contribution in [0.5, 0.6) is 0 Å². The molecule has 0 amide bonds. The fourth-order valence-corrected chi connectivity index (χ4v) is 2.11. The van der Waals surface area contributed by atoms with Crippen molar-refractivity contribution in [2.45, 2.75) is 13.8 Å². The van der Waals surface area contributed by atoms with E-state index in [1.54, 1.807) is 4.68 Å². The highest BCUT2D eigenvalue weighted by Gasteiger charge is 2.12. The third kappa shape index (κ3) is 2.14. The van der Waals surface area contributed by atoms with Gasteiger partial charge in [-0.1, -0.05) is 18.2 Å². The van der Waals surface area contributed by atoms with Crippen molar-refractivity contribution in [2.24, 2.45) is 0 Å². The summed E-state index contributed by atoms with van der Waals surface area (Å²) < 4.78 is 1.73. The lowest BCUT2D eigenvalue weighted by molar-refractivity contribution is 0.889. The van der Waals surface area contributed by atoms with Crippen LogP contribution in [-0.2, 0) is 0 Å². The maximum absolute atomic E-state index is 6.06. The number of nitrogen functional groups attached to an aromatic ring is 1. The van der Waals surface area contributed by atoms with Gasteiger partial charge in [-0.05, 0) is 32.0 Å². The van der Waals surface area contributed by atoms with Gasteiger partial charge in [0.1, 0.15) is 5.82 Å². The Hall–Kier alpha value is -2.69. The molecule has 1 aromatic carbocycles. The Balaban J connectivity index is 2.11. The fourth-order valence-electron chi connectivity index (χ4n) is 2.11. The molecule has 0 saturated heterocycles. The van der Waals surface area contributed by atoms with Gasteiger partial charge >= 0.3 is 0 Å². The van der Waals surface area contributed by atoms with Gasteiger partial charge in [-0.3, -0.25) is 0 Å². The minimum Gasteiger partial charge on any atom is -0.384 e. The number of aromatic nitrogens is 4. The summed E-state index contributed by atoms with van der Waals surface area (Å²) >= 11 is 0. The number of para-hydroxylation sites is 1. The van der Waals surface area contributed by atoms with Crippen LogP contribution in [0.3, 0.4) is 0 Å². The van der Waals surface area contributed by atoms with Crippen LogP contribution in [0.15, 0.2) is 42.5 Å². The normalized spacial score (nSPS) is 10.7. The van der Waals surface area contributed by atoms with E-state index in [1.807, 2.05) is 56.3 Å². The van der Waals surface area contributed by atoms with Crippen LogP contribution in [0.25, 0.3) is 16.9 Å². The number of nitrogens with two attached hydrogens (primary N) is 1. The summed E-state index contributed by atoms with van der Waals surface area (Å²) in [7, 11) is 0. The summed E-state index contributed by atoms with van der Waals surface area (Å²) in [6, 6.07) is 13.6. The first-order valence-corrected chi connectivity index (χ1v) is 6.37. The molecule has 3 aromatic rings. The zero-order chi connectivity index (χ0) is 14.1. The molecule has 5 heteroatoms. The monoisotopic (exact) mass is 265 g/mol. The molecule has 3 rings (SSSR count). The van der Waals surface area contributed by atoms with Crippen molar-refractivity contribution in [1.82, 2.24) is 20.0 Å². The van der Waals surface area contributed by atoms with E-state index in [4.69, 9.17) is 5.73 Å². The molecule has 5 nitrogen and oxygen atoms in total. The molecule has 2 aromatic heterocycles. The molecule has 0 spiro atoms. The van der Waals surface area contributed by atoms with Crippen LogP contribution in [0.4, 0.5) is 5.82 Å². The molecule has 20 heavy (non-hydrogen) atoms. The highest BCUT2D eigenvalue weighted by atomic mass is 15.3. The first-order chi connectivity index (χ1) is 9.65. The first-order valence-electron chi connectivity index (χ1n) is 6.37. The molecule has 0 aliphatic carbocycles. The van der Waals surface area contributed by atoms with E-state index in [-0.39, 0.29) is 0 Å². The second kappa shape index (κ2) is 4.77. The van der Waals surface area contributed by atoms with E-state index in [0.29, 0.717) is 5.82 Å². The van der Waals surface area contributed by atoms with Crippen LogP contribution in [0, 0.1) is 13.8 Å². The number of anilines is 1. The molecule has 2 N–H and O–H groups in total. The molecule has 0 aliphatic rings. The summed E-state index contributed by atoms with van der Waals surface area (Å²) in [5.41, 5.74) is 10.5. The van der Waals surface area contributed by atoms with Gasteiger partial charge in [0.15, 0.2) is 0 Å². The Morgan fingerprint density at radius 2 is 1.75 bits per heavy atom. The Bertz CT molecular complexity index is 746. The maximum atomic E-state index is 6.06. The summed E-state index contributed by atoms with van der Waals surface area (Å²) in [6.07, 6.45) is 0. The number of aryl methyl sites for hydroxylation is 2. The molecule has 0 saturated carbocycles. The zero-order valence-corrected chi connectivity index (χ0v) is 11.4. The van der Waals surface area contributed by atoms with Crippen LogP contribution >= 0.6 is 0 Å². The van der Waals surface area contributed by atoms with Crippen LogP contribution in [0.1, 0.15) is 11.4 Å². The van der Waals surface area contributed by atoms with Crippen LogP contribution in [-0.4, -0.2) is 20.0 Å².